The van der Waals surface area contributed by atoms with E-state index in [-0.39, 0.29) is 17.1 Å². The lowest BCUT2D eigenvalue weighted by molar-refractivity contribution is 0.101. The van der Waals surface area contributed by atoms with Gasteiger partial charge in [-0.15, -0.1) is 0 Å². The fraction of sp³-hybridized carbons (Fsp3) is 0.105. The number of fused-ring (bicyclic) bond motifs is 3. The second-order valence-electron chi connectivity index (χ2n) is 6.10. The first-order valence-electron chi connectivity index (χ1n) is 7.91. The SMILES string of the molecule is Cn1c(N)c(C(=O)c2cc3c(ccc4ccccc43)o2)c(=O)n(C)c1=O. The van der Waals surface area contributed by atoms with E-state index >= 15 is 0 Å². The van der Waals surface area contributed by atoms with Gasteiger partial charge in [0.2, 0.25) is 5.78 Å². The second kappa shape index (κ2) is 5.45. The van der Waals surface area contributed by atoms with Crippen LogP contribution in [0.15, 0.2) is 56.5 Å². The molecule has 0 spiro atoms. The highest BCUT2D eigenvalue weighted by Crippen LogP contribution is 2.29. The Kier molecular flexibility index (Phi) is 3.33. The van der Waals surface area contributed by atoms with Gasteiger partial charge in [-0.2, -0.15) is 0 Å². The third-order valence-corrected chi connectivity index (χ3v) is 4.59. The van der Waals surface area contributed by atoms with E-state index in [1.165, 1.54) is 14.1 Å². The molecule has 0 saturated carbocycles. The highest BCUT2D eigenvalue weighted by atomic mass is 16.3. The number of furan rings is 1. The van der Waals surface area contributed by atoms with Crippen LogP contribution in [0, 0.1) is 0 Å². The predicted octanol–water partition coefficient (Wildman–Crippen LogP) is 1.80. The van der Waals surface area contributed by atoms with Crippen LogP contribution in [0.3, 0.4) is 0 Å². The maximum absolute atomic E-state index is 12.9. The lowest BCUT2D eigenvalue weighted by Gasteiger charge is -2.09. The normalized spacial score (nSPS) is 11.3. The third kappa shape index (κ3) is 2.10. The summed E-state index contributed by atoms with van der Waals surface area (Å²) < 4.78 is 7.58. The summed E-state index contributed by atoms with van der Waals surface area (Å²) in [7, 11) is 2.70. The zero-order chi connectivity index (χ0) is 18.6. The summed E-state index contributed by atoms with van der Waals surface area (Å²) in [5.74, 6) is -0.841. The summed E-state index contributed by atoms with van der Waals surface area (Å²) in [6.45, 7) is 0. The van der Waals surface area contributed by atoms with Crippen LogP contribution in [0.25, 0.3) is 21.7 Å². The second-order valence-corrected chi connectivity index (χ2v) is 6.10. The number of aromatic nitrogens is 2. The Hall–Kier alpha value is -3.61. The first-order valence-corrected chi connectivity index (χ1v) is 7.91. The highest BCUT2D eigenvalue weighted by molar-refractivity contribution is 6.14. The molecule has 0 radical (unpaired) electrons. The zero-order valence-electron chi connectivity index (χ0n) is 14.1. The Morgan fingerprint density at radius 1 is 1.00 bits per heavy atom. The molecule has 2 heterocycles. The van der Waals surface area contributed by atoms with Gasteiger partial charge in [0.25, 0.3) is 5.56 Å². The summed E-state index contributed by atoms with van der Waals surface area (Å²) in [6, 6.07) is 13.0. The minimum atomic E-state index is -0.749. The van der Waals surface area contributed by atoms with Crippen molar-refractivity contribution in [3.8, 4) is 0 Å². The topological polar surface area (TPSA) is 100 Å². The quantitative estimate of drug-likeness (QED) is 0.556. The molecule has 0 amide bonds. The van der Waals surface area contributed by atoms with E-state index in [9.17, 15) is 14.4 Å². The van der Waals surface area contributed by atoms with E-state index in [2.05, 4.69) is 0 Å². The maximum atomic E-state index is 12.9. The predicted molar refractivity (Wildman–Crippen MR) is 98.5 cm³/mol. The number of carbonyl (C=O) groups excluding carboxylic acids is 1. The van der Waals surface area contributed by atoms with Gasteiger partial charge < -0.3 is 10.2 Å². The molecule has 0 aliphatic heterocycles. The Balaban J connectivity index is 1.97. The van der Waals surface area contributed by atoms with E-state index in [0.717, 1.165) is 25.3 Å². The number of anilines is 1. The Morgan fingerprint density at radius 2 is 1.73 bits per heavy atom. The summed E-state index contributed by atoms with van der Waals surface area (Å²) in [4.78, 5) is 37.2. The van der Waals surface area contributed by atoms with Crippen LogP contribution in [-0.2, 0) is 14.1 Å². The summed E-state index contributed by atoms with van der Waals surface area (Å²) in [6.07, 6.45) is 0. The van der Waals surface area contributed by atoms with Crippen molar-refractivity contribution in [2.24, 2.45) is 14.1 Å². The van der Waals surface area contributed by atoms with Crippen LogP contribution >= 0.6 is 0 Å². The van der Waals surface area contributed by atoms with Gasteiger partial charge in [0.1, 0.15) is 17.0 Å². The molecule has 130 valence electrons. The van der Waals surface area contributed by atoms with Crippen molar-refractivity contribution in [1.29, 1.82) is 0 Å². The standard InChI is InChI=1S/C19H15N3O4/c1-21-17(20)15(18(24)22(2)19(21)25)16(23)14-9-12-11-6-4-3-5-10(11)7-8-13(12)26-14/h3-9H,20H2,1-2H3. The van der Waals surface area contributed by atoms with Crippen LogP contribution in [-0.4, -0.2) is 14.9 Å². The molecule has 0 saturated heterocycles. The minimum Gasteiger partial charge on any atom is -0.453 e. The average molecular weight is 349 g/mol. The molecule has 4 aromatic rings. The molecule has 4 rings (SSSR count). The maximum Gasteiger partial charge on any atom is 0.332 e. The van der Waals surface area contributed by atoms with Gasteiger partial charge in [-0.1, -0.05) is 30.3 Å². The van der Waals surface area contributed by atoms with E-state index in [4.69, 9.17) is 10.2 Å². The largest absolute Gasteiger partial charge is 0.453 e. The number of hydrogen-bond donors (Lipinski definition) is 1. The first-order chi connectivity index (χ1) is 12.4. The number of benzene rings is 2. The van der Waals surface area contributed by atoms with Gasteiger partial charge in [-0.25, -0.2) is 4.79 Å². The molecule has 0 aliphatic rings. The molecule has 0 aliphatic carbocycles. The first kappa shape index (κ1) is 15.9. The van der Waals surface area contributed by atoms with Crippen molar-refractivity contribution >= 4 is 33.3 Å². The smallest absolute Gasteiger partial charge is 0.332 e. The Morgan fingerprint density at radius 3 is 2.50 bits per heavy atom. The molecular weight excluding hydrogens is 334 g/mol. The van der Waals surface area contributed by atoms with Crippen LogP contribution in [0.2, 0.25) is 0 Å². The van der Waals surface area contributed by atoms with E-state index in [0.29, 0.717) is 5.58 Å². The van der Waals surface area contributed by atoms with Crippen molar-refractivity contribution in [3.63, 3.8) is 0 Å². The number of ketones is 1. The summed E-state index contributed by atoms with van der Waals surface area (Å²) >= 11 is 0. The highest BCUT2D eigenvalue weighted by Gasteiger charge is 2.24. The van der Waals surface area contributed by atoms with Crippen molar-refractivity contribution in [2.45, 2.75) is 0 Å². The molecule has 2 N–H and O–H groups in total. The average Bonchev–Trinajstić information content (AvgIpc) is 3.09. The fourth-order valence-electron chi connectivity index (χ4n) is 3.10. The molecule has 2 aromatic carbocycles. The molecule has 0 atom stereocenters. The Labute approximate surface area is 146 Å². The van der Waals surface area contributed by atoms with Crippen LogP contribution in [0.1, 0.15) is 16.1 Å². The Bertz CT molecular complexity index is 1320. The van der Waals surface area contributed by atoms with Gasteiger partial charge in [0, 0.05) is 19.5 Å². The van der Waals surface area contributed by atoms with Gasteiger partial charge in [-0.05, 0) is 22.9 Å². The van der Waals surface area contributed by atoms with Crippen molar-refractivity contribution in [1.82, 2.24) is 9.13 Å². The van der Waals surface area contributed by atoms with E-state index < -0.39 is 17.0 Å². The lowest BCUT2D eigenvalue weighted by Crippen LogP contribution is -2.41. The number of carbonyl (C=O) groups is 1. The van der Waals surface area contributed by atoms with Crippen molar-refractivity contribution < 1.29 is 9.21 Å². The van der Waals surface area contributed by atoms with Gasteiger partial charge in [0.05, 0.1) is 0 Å². The van der Waals surface area contributed by atoms with E-state index in [1.807, 2.05) is 30.3 Å². The number of rotatable bonds is 2. The third-order valence-electron chi connectivity index (χ3n) is 4.59. The molecule has 0 bridgehead atoms. The molecule has 26 heavy (non-hydrogen) atoms. The fourth-order valence-corrected chi connectivity index (χ4v) is 3.10. The van der Waals surface area contributed by atoms with Crippen LogP contribution in [0.4, 0.5) is 5.82 Å². The molecule has 2 aromatic heterocycles. The van der Waals surface area contributed by atoms with Crippen LogP contribution in [0.5, 0.6) is 0 Å². The number of hydrogen-bond acceptors (Lipinski definition) is 5. The van der Waals surface area contributed by atoms with Crippen molar-refractivity contribution in [3.05, 3.63) is 74.6 Å². The monoisotopic (exact) mass is 349 g/mol. The molecule has 0 fully saturated rings. The summed E-state index contributed by atoms with van der Waals surface area (Å²) in [5, 5.41) is 2.72. The number of nitrogen functional groups attached to an aromatic ring is 1. The van der Waals surface area contributed by atoms with Crippen molar-refractivity contribution in [2.75, 3.05) is 5.73 Å². The summed E-state index contributed by atoms with van der Waals surface area (Å²) in [5.41, 5.74) is 4.77. The van der Waals surface area contributed by atoms with Gasteiger partial charge in [0.15, 0.2) is 5.76 Å². The van der Waals surface area contributed by atoms with E-state index in [1.54, 1.807) is 12.1 Å². The van der Waals surface area contributed by atoms with Gasteiger partial charge >= 0.3 is 5.69 Å². The minimum absolute atomic E-state index is 0.00111. The molecule has 0 unspecified atom stereocenters. The molecule has 7 heteroatoms. The zero-order valence-corrected chi connectivity index (χ0v) is 14.1. The molecular formula is C19H15N3O4. The van der Waals surface area contributed by atoms with Crippen LogP contribution < -0.4 is 17.0 Å². The molecule has 7 nitrogen and oxygen atoms in total. The van der Waals surface area contributed by atoms with Gasteiger partial charge in [-0.3, -0.25) is 18.7 Å². The lowest BCUT2D eigenvalue weighted by atomic mass is 10.1. The number of nitrogens with two attached hydrogens (primary N) is 1. The number of nitrogens with zero attached hydrogens (tertiary/aromatic N) is 2.